The van der Waals surface area contributed by atoms with Gasteiger partial charge >= 0.3 is 5.69 Å². The third kappa shape index (κ3) is 2.68. The molecule has 0 radical (unpaired) electrons. The van der Waals surface area contributed by atoms with Crippen LogP contribution in [0.2, 0.25) is 5.02 Å². The monoisotopic (exact) mass is 289 g/mol. The van der Waals surface area contributed by atoms with Gasteiger partial charge in [-0.05, 0) is 24.6 Å². The molecule has 7 heteroatoms. The van der Waals surface area contributed by atoms with Crippen LogP contribution in [0.5, 0.6) is 11.6 Å². The molecule has 100 valence electrons. The summed E-state index contributed by atoms with van der Waals surface area (Å²) < 4.78 is 5.36. The lowest BCUT2D eigenvalue weighted by Gasteiger charge is -2.07. The summed E-state index contributed by atoms with van der Waals surface area (Å²) in [7, 11) is 0. The average molecular weight is 290 g/mol. The van der Waals surface area contributed by atoms with Gasteiger partial charge in [0.1, 0.15) is 11.1 Å². The lowest BCUT2D eigenvalue weighted by molar-refractivity contribution is -0.385. The third-order valence-corrected chi connectivity index (χ3v) is 2.86. The molecule has 0 fully saturated rings. The summed E-state index contributed by atoms with van der Waals surface area (Å²) in [5.74, 6) is -0.0252. The highest BCUT2D eigenvalue weighted by molar-refractivity contribution is 6.33. The van der Waals surface area contributed by atoms with Crippen LogP contribution >= 0.6 is 11.6 Å². The Labute approximate surface area is 119 Å². The summed E-state index contributed by atoms with van der Waals surface area (Å²) in [5, 5.41) is 19.9. The van der Waals surface area contributed by atoms with Crippen LogP contribution in [0, 0.1) is 28.4 Å². The van der Waals surface area contributed by atoms with Gasteiger partial charge in [0.25, 0.3) is 0 Å². The van der Waals surface area contributed by atoms with E-state index in [0.29, 0.717) is 0 Å². The van der Waals surface area contributed by atoms with E-state index in [1.54, 1.807) is 13.0 Å². The molecular weight excluding hydrogens is 282 g/mol. The van der Waals surface area contributed by atoms with Crippen LogP contribution in [0.3, 0.4) is 0 Å². The Balaban J connectivity index is 2.46. The molecule has 0 bridgehead atoms. The van der Waals surface area contributed by atoms with E-state index in [4.69, 9.17) is 21.6 Å². The summed E-state index contributed by atoms with van der Waals surface area (Å²) in [6.45, 7) is 1.73. The standard InChI is InChI=1S/C13H8ClN3O3/c1-8-2-3-11(10(6-8)17(18)19)20-13-12(14)9(7-15)4-5-16-13/h2-6H,1H3. The predicted octanol–water partition coefficient (Wildman–Crippen LogP) is 3.62. The Morgan fingerprint density at radius 2 is 2.20 bits per heavy atom. The molecule has 0 aliphatic heterocycles. The zero-order valence-electron chi connectivity index (χ0n) is 10.3. The number of hydrogen-bond donors (Lipinski definition) is 0. The highest BCUT2D eigenvalue weighted by Crippen LogP contribution is 2.35. The molecule has 0 saturated heterocycles. The van der Waals surface area contributed by atoms with Gasteiger partial charge in [0.2, 0.25) is 11.6 Å². The second-order valence-corrected chi connectivity index (χ2v) is 4.30. The van der Waals surface area contributed by atoms with Gasteiger partial charge in [-0.15, -0.1) is 0 Å². The highest BCUT2D eigenvalue weighted by atomic mass is 35.5. The number of aromatic nitrogens is 1. The quantitative estimate of drug-likeness (QED) is 0.636. The van der Waals surface area contributed by atoms with Gasteiger partial charge in [0.15, 0.2) is 0 Å². The molecule has 1 heterocycles. The van der Waals surface area contributed by atoms with E-state index < -0.39 is 4.92 Å². The fraction of sp³-hybridized carbons (Fsp3) is 0.0769. The van der Waals surface area contributed by atoms with Crippen LogP contribution in [-0.2, 0) is 0 Å². The Morgan fingerprint density at radius 3 is 2.85 bits per heavy atom. The first-order chi connectivity index (χ1) is 9.52. The SMILES string of the molecule is Cc1ccc(Oc2nccc(C#N)c2Cl)c([N+](=O)[O-])c1. The molecular formula is C13H8ClN3O3. The van der Waals surface area contributed by atoms with E-state index >= 15 is 0 Å². The Bertz CT molecular complexity index is 725. The number of rotatable bonds is 3. The maximum Gasteiger partial charge on any atom is 0.311 e. The van der Waals surface area contributed by atoms with Crippen molar-refractivity contribution in [1.82, 2.24) is 4.98 Å². The van der Waals surface area contributed by atoms with Crippen LogP contribution in [0.25, 0.3) is 0 Å². The van der Waals surface area contributed by atoms with E-state index in [1.165, 1.54) is 24.4 Å². The largest absolute Gasteiger partial charge is 0.430 e. The summed E-state index contributed by atoms with van der Waals surface area (Å²) in [6, 6.07) is 7.83. The molecule has 2 aromatic rings. The lowest BCUT2D eigenvalue weighted by Crippen LogP contribution is -1.96. The molecule has 0 amide bonds. The molecule has 1 aromatic carbocycles. The van der Waals surface area contributed by atoms with E-state index in [9.17, 15) is 10.1 Å². The number of halogens is 1. The van der Waals surface area contributed by atoms with Crippen molar-refractivity contribution in [2.75, 3.05) is 0 Å². The van der Waals surface area contributed by atoms with Crippen molar-refractivity contribution in [3.05, 3.63) is 56.7 Å². The molecule has 0 unspecified atom stereocenters. The summed E-state index contributed by atoms with van der Waals surface area (Å²) >= 11 is 5.94. The molecule has 1 aromatic heterocycles. The first-order valence-corrected chi connectivity index (χ1v) is 5.88. The minimum atomic E-state index is -0.551. The van der Waals surface area contributed by atoms with Crippen molar-refractivity contribution in [3.8, 4) is 17.7 Å². The third-order valence-electron chi connectivity index (χ3n) is 2.50. The number of pyridine rings is 1. The van der Waals surface area contributed by atoms with E-state index in [2.05, 4.69) is 4.98 Å². The number of ether oxygens (including phenoxy) is 1. The van der Waals surface area contributed by atoms with Crippen LogP contribution < -0.4 is 4.74 Å². The summed E-state index contributed by atoms with van der Waals surface area (Å²) in [4.78, 5) is 14.3. The van der Waals surface area contributed by atoms with Crippen molar-refractivity contribution in [2.45, 2.75) is 6.92 Å². The number of aryl methyl sites for hydroxylation is 1. The van der Waals surface area contributed by atoms with Gasteiger partial charge in [-0.3, -0.25) is 10.1 Å². The fourth-order valence-electron chi connectivity index (χ4n) is 1.54. The minimum absolute atomic E-state index is 0.0184. The molecule has 0 N–H and O–H groups in total. The van der Waals surface area contributed by atoms with E-state index in [0.717, 1.165) is 5.56 Å². The van der Waals surface area contributed by atoms with Crippen LogP contribution in [0.1, 0.15) is 11.1 Å². The minimum Gasteiger partial charge on any atom is -0.430 e. The van der Waals surface area contributed by atoms with Gasteiger partial charge in [-0.1, -0.05) is 17.7 Å². The van der Waals surface area contributed by atoms with Crippen molar-refractivity contribution >= 4 is 17.3 Å². The number of nitrogens with zero attached hydrogens (tertiary/aromatic N) is 3. The molecule has 20 heavy (non-hydrogen) atoms. The molecule has 0 atom stereocenters. The van der Waals surface area contributed by atoms with Crippen LogP contribution in [0.4, 0.5) is 5.69 Å². The summed E-state index contributed by atoms with van der Waals surface area (Å²) in [6.07, 6.45) is 1.35. The van der Waals surface area contributed by atoms with Crippen molar-refractivity contribution < 1.29 is 9.66 Å². The smallest absolute Gasteiger partial charge is 0.311 e. The highest BCUT2D eigenvalue weighted by Gasteiger charge is 2.18. The van der Waals surface area contributed by atoms with Crippen LogP contribution in [-0.4, -0.2) is 9.91 Å². The van der Waals surface area contributed by atoms with Gasteiger partial charge in [-0.2, -0.15) is 5.26 Å². The first-order valence-electron chi connectivity index (χ1n) is 5.50. The van der Waals surface area contributed by atoms with Crippen molar-refractivity contribution in [1.29, 1.82) is 5.26 Å². The molecule has 6 nitrogen and oxygen atoms in total. The maximum absolute atomic E-state index is 11.0. The normalized spacial score (nSPS) is 9.85. The number of benzene rings is 1. The second kappa shape index (κ2) is 5.55. The Kier molecular flexibility index (Phi) is 3.82. The molecule has 0 aliphatic carbocycles. The number of nitriles is 1. The zero-order chi connectivity index (χ0) is 14.7. The molecule has 0 spiro atoms. The second-order valence-electron chi connectivity index (χ2n) is 3.92. The van der Waals surface area contributed by atoms with Gasteiger partial charge in [-0.25, -0.2) is 4.98 Å². The van der Waals surface area contributed by atoms with Gasteiger partial charge < -0.3 is 4.74 Å². The fourth-order valence-corrected chi connectivity index (χ4v) is 1.74. The number of nitro benzene ring substituents is 1. The topological polar surface area (TPSA) is 89.0 Å². The van der Waals surface area contributed by atoms with Gasteiger partial charge in [0.05, 0.1) is 10.5 Å². The van der Waals surface area contributed by atoms with Crippen molar-refractivity contribution in [2.24, 2.45) is 0 Å². The van der Waals surface area contributed by atoms with E-state index in [1.807, 2.05) is 6.07 Å². The maximum atomic E-state index is 11.0. The number of nitro groups is 1. The molecule has 0 aliphatic rings. The number of hydrogen-bond acceptors (Lipinski definition) is 5. The van der Waals surface area contributed by atoms with E-state index in [-0.39, 0.29) is 27.9 Å². The molecule has 2 rings (SSSR count). The lowest BCUT2D eigenvalue weighted by atomic mass is 10.2. The Hall–Kier alpha value is -2.65. The summed E-state index contributed by atoms with van der Waals surface area (Å²) in [5.41, 5.74) is 0.727. The Morgan fingerprint density at radius 1 is 1.45 bits per heavy atom. The molecule has 0 saturated carbocycles. The average Bonchev–Trinajstić information content (AvgIpc) is 2.42. The first kappa shape index (κ1) is 13.8. The van der Waals surface area contributed by atoms with Crippen LogP contribution in [0.15, 0.2) is 30.5 Å². The zero-order valence-corrected chi connectivity index (χ0v) is 11.1. The van der Waals surface area contributed by atoms with Gasteiger partial charge in [0, 0.05) is 12.3 Å². The predicted molar refractivity (Wildman–Crippen MR) is 71.9 cm³/mol. The van der Waals surface area contributed by atoms with Crippen molar-refractivity contribution in [3.63, 3.8) is 0 Å².